The summed E-state index contributed by atoms with van der Waals surface area (Å²) >= 11 is 12.4. The van der Waals surface area contributed by atoms with Crippen molar-refractivity contribution in [3.8, 4) is 5.75 Å². The van der Waals surface area contributed by atoms with Crippen molar-refractivity contribution in [2.24, 2.45) is 0 Å². The van der Waals surface area contributed by atoms with Crippen LogP contribution in [0.5, 0.6) is 5.75 Å². The zero-order valence-corrected chi connectivity index (χ0v) is 15.4. The second-order valence-electron chi connectivity index (χ2n) is 6.69. The number of ether oxygens (including phenoxy) is 1. The SMILES string of the molecule is O=c1oc2c3c(ccc2c2c1CCC2)OCN(c1ccc(Cl)cc1Cl)C3. The number of nitrogens with zero attached hydrogens (tertiary/aromatic N) is 1. The monoisotopic (exact) mass is 387 g/mol. The number of benzene rings is 2. The molecule has 2 aromatic carbocycles. The Labute approximate surface area is 159 Å². The molecule has 2 heterocycles. The minimum absolute atomic E-state index is 0.222. The Morgan fingerprint density at radius 2 is 1.85 bits per heavy atom. The predicted molar refractivity (Wildman–Crippen MR) is 103 cm³/mol. The molecule has 0 amide bonds. The highest BCUT2D eigenvalue weighted by atomic mass is 35.5. The van der Waals surface area contributed by atoms with Crippen LogP contribution in [0.3, 0.4) is 0 Å². The van der Waals surface area contributed by atoms with Gasteiger partial charge in [-0.1, -0.05) is 23.2 Å². The summed E-state index contributed by atoms with van der Waals surface area (Å²) in [6.45, 7) is 0.921. The highest BCUT2D eigenvalue weighted by Crippen LogP contribution is 2.38. The lowest BCUT2D eigenvalue weighted by molar-refractivity contribution is 0.289. The molecule has 1 aromatic heterocycles. The minimum atomic E-state index is -0.222. The molecule has 0 spiro atoms. The molecule has 26 heavy (non-hydrogen) atoms. The van der Waals surface area contributed by atoms with Crippen LogP contribution in [0.25, 0.3) is 11.0 Å². The van der Waals surface area contributed by atoms with Gasteiger partial charge in [-0.2, -0.15) is 0 Å². The van der Waals surface area contributed by atoms with E-state index in [1.165, 1.54) is 0 Å². The maximum absolute atomic E-state index is 12.4. The number of hydrogen-bond donors (Lipinski definition) is 0. The van der Waals surface area contributed by atoms with Gasteiger partial charge in [0.2, 0.25) is 0 Å². The maximum atomic E-state index is 12.4. The zero-order chi connectivity index (χ0) is 17.8. The zero-order valence-electron chi connectivity index (χ0n) is 13.9. The fourth-order valence-electron chi connectivity index (χ4n) is 3.95. The number of rotatable bonds is 1. The van der Waals surface area contributed by atoms with Gasteiger partial charge in [0.05, 0.1) is 22.8 Å². The van der Waals surface area contributed by atoms with E-state index in [9.17, 15) is 4.79 Å². The van der Waals surface area contributed by atoms with Crippen molar-refractivity contribution in [1.82, 2.24) is 0 Å². The first-order chi connectivity index (χ1) is 12.6. The Hall–Kier alpha value is -2.17. The van der Waals surface area contributed by atoms with Gasteiger partial charge in [-0.15, -0.1) is 0 Å². The summed E-state index contributed by atoms with van der Waals surface area (Å²) in [5, 5.41) is 2.17. The summed E-state index contributed by atoms with van der Waals surface area (Å²) in [6, 6.07) is 9.36. The highest BCUT2D eigenvalue weighted by molar-refractivity contribution is 6.36. The molecule has 0 fully saturated rings. The predicted octanol–water partition coefficient (Wildman–Crippen LogP) is 4.95. The molecule has 0 unspecified atom stereocenters. The van der Waals surface area contributed by atoms with Gasteiger partial charge in [0.15, 0.2) is 6.73 Å². The van der Waals surface area contributed by atoms with Crippen LogP contribution in [0.15, 0.2) is 39.5 Å². The van der Waals surface area contributed by atoms with E-state index >= 15 is 0 Å². The Morgan fingerprint density at radius 1 is 1.00 bits per heavy atom. The van der Waals surface area contributed by atoms with E-state index in [0.717, 1.165) is 52.8 Å². The summed E-state index contributed by atoms with van der Waals surface area (Å²) in [5.41, 5.74) is 4.07. The summed E-state index contributed by atoms with van der Waals surface area (Å²) in [6.07, 6.45) is 2.72. The lowest BCUT2D eigenvalue weighted by atomic mass is 10.0. The maximum Gasteiger partial charge on any atom is 0.339 e. The second kappa shape index (κ2) is 5.93. The summed E-state index contributed by atoms with van der Waals surface area (Å²) < 4.78 is 11.6. The van der Waals surface area contributed by atoms with Gasteiger partial charge in [-0.05, 0) is 55.2 Å². The summed E-state index contributed by atoms with van der Waals surface area (Å²) in [4.78, 5) is 14.4. The number of hydrogen-bond acceptors (Lipinski definition) is 4. The number of anilines is 1. The van der Waals surface area contributed by atoms with Crippen LogP contribution in [0.2, 0.25) is 10.0 Å². The Morgan fingerprint density at radius 3 is 2.69 bits per heavy atom. The highest BCUT2D eigenvalue weighted by Gasteiger charge is 2.26. The fraction of sp³-hybridized carbons (Fsp3) is 0.250. The Kier molecular flexibility index (Phi) is 3.66. The molecule has 4 nitrogen and oxygen atoms in total. The number of aryl methyl sites for hydroxylation is 1. The molecule has 1 aliphatic carbocycles. The van der Waals surface area contributed by atoms with Crippen molar-refractivity contribution in [2.75, 3.05) is 11.6 Å². The van der Waals surface area contributed by atoms with E-state index < -0.39 is 0 Å². The quantitative estimate of drug-likeness (QED) is 0.554. The van der Waals surface area contributed by atoms with E-state index in [2.05, 4.69) is 0 Å². The fourth-order valence-corrected chi connectivity index (χ4v) is 4.47. The van der Waals surface area contributed by atoms with Gasteiger partial charge in [0.1, 0.15) is 11.3 Å². The average Bonchev–Trinajstić information content (AvgIpc) is 3.12. The lowest BCUT2D eigenvalue weighted by Crippen LogP contribution is -2.32. The summed E-state index contributed by atoms with van der Waals surface area (Å²) in [5.74, 6) is 0.750. The molecule has 1 aliphatic heterocycles. The van der Waals surface area contributed by atoms with Gasteiger partial charge >= 0.3 is 5.63 Å². The first kappa shape index (κ1) is 16.0. The molecule has 0 saturated carbocycles. The third kappa shape index (κ3) is 2.40. The van der Waals surface area contributed by atoms with Crippen LogP contribution < -0.4 is 15.3 Å². The average molecular weight is 388 g/mol. The van der Waals surface area contributed by atoms with Gasteiger partial charge in [-0.3, -0.25) is 0 Å². The lowest BCUT2D eigenvalue weighted by Gasteiger charge is -2.31. The third-order valence-corrected chi connectivity index (χ3v) is 5.71. The standard InChI is InChI=1S/C20H15Cl2NO3/c21-11-4-6-17(16(22)8-11)23-9-15-18(25-10-23)7-5-13-12-2-1-3-14(12)20(24)26-19(13)15/h4-8H,1-3,9-10H2. The first-order valence-corrected chi connectivity index (χ1v) is 9.30. The van der Waals surface area contributed by atoms with Crippen molar-refractivity contribution in [3.63, 3.8) is 0 Å². The van der Waals surface area contributed by atoms with E-state index in [-0.39, 0.29) is 5.63 Å². The molecule has 0 N–H and O–H groups in total. The molecule has 2 aliphatic rings. The van der Waals surface area contributed by atoms with Crippen molar-refractivity contribution in [2.45, 2.75) is 25.8 Å². The van der Waals surface area contributed by atoms with Gasteiger partial charge in [-0.25, -0.2) is 4.79 Å². The van der Waals surface area contributed by atoms with Crippen LogP contribution in [0.1, 0.15) is 23.1 Å². The second-order valence-corrected chi connectivity index (χ2v) is 7.53. The molecule has 6 heteroatoms. The van der Waals surface area contributed by atoms with Gasteiger partial charge in [0, 0.05) is 16.0 Å². The largest absolute Gasteiger partial charge is 0.473 e. The van der Waals surface area contributed by atoms with Crippen molar-refractivity contribution >= 4 is 39.9 Å². The van der Waals surface area contributed by atoms with Gasteiger partial charge in [0.25, 0.3) is 0 Å². The van der Waals surface area contributed by atoms with Crippen LogP contribution in [-0.4, -0.2) is 6.73 Å². The molecule has 5 rings (SSSR count). The molecule has 0 bridgehead atoms. The third-order valence-electron chi connectivity index (χ3n) is 5.18. The van der Waals surface area contributed by atoms with Crippen LogP contribution >= 0.6 is 23.2 Å². The minimum Gasteiger partial charge on any atom is -0.473 e. The molecular weight excluding hydrogens is 373 g/mol. The molecule has 132 valence electrons. The van der Waals surface area contributed by atoms with E-state index in [1.807, 2.05) is 23.1 Å². The number of fused-ring (bicyclic) bond motifs is 5. The van der Waals surface area contributed by atoms with E-state index in [0.29, 0.717) is 28.9 Å². The molecular formula is C20H15Cl2NO3. The van der Waals surface area contributed by atoms with Crippen molar-refractivity contribution < 1.29 is 9.15 Å². The Bertz CT molecular complexity index is 1110. The molecule has 0 saturated heterocycles. The first-order valence-electron chi connectivity index (χ1n) is 8.55. The molecule has 0 radical (unpaired) electrons. The van der Waals surface area contributed by atoms with Crippen LogP contribution in [0.4, 0.5) is 5.69 Å². The van der Waals surface area contributed by atoms with Crippen molar-refractivity contribution in [1.29, 1.82) is 0 Å². The molecule has 0 atom stereocenters. The molecule has 3 aromatic rings. The van der Waals surface area contributed by atoms with E-state index in [4.69, 9.17) is 32.4 Å². The van der Waals surface area contributed by atoms with Gasteiger partial charge < -0.3 is 14.1 Å². The topological polar surface area (TPSA) is 42.7 Å². The van der Waals surface area contributed by atoms with E-state index in [1.54, 1.807) is 12.1 Å². The number of halogens is 2. The van der Waals surface area contributed by atoms with Crippen LogP contribution in [0, 0.1) is 0 Å². The van der Waals surface area contributed by atoms with Crippen molar-refractivity contribution in [3.05, 3.63) is 67.5 Å². The Balaban J connectivity index is 1.65. The van der Waals surface area contributed by atoms with Crippen LogP contribution in [-0.2, 0) is 19.4 Å². The normalized spacial score (nSPS) is 15.7. The summed E-state index contributed by atoms with van der Waals surface area (Å²) in [7, 11) is 0. The smallest absolute Gasteiger partial charge is 0.339 e.